The normalized spacial score (nSPS) is 25.3. The van der Waals surface area contributed by atoms with Crippen LogP contribution >= 0.6 is 0 Å². The van der Waals surface area contributed by atoms with Gasteiger partial charge in [-0.2, -0.15) is 0 Å². The number of hydrogen-bond donors (Lipinski definition) is 0. The molecule has 0 fully saturated rings. The van der Waals surface area contributed by atoms with Gasteiger partial charge in [0.1, 0.15) is 0 Å². The highest BCUT2D eigenvalue weighted by Crippen LogP contribution is 1.93. The van der Waals surface area contributed by atoms with Gasteiger partial charge in [-0.1, -0.05) is 60.8 Å². The molecule has 0 unspecified atom stereocenters. The molecular weight excluding hydrogens is 144 g/mol. The molecule has 0 atom stereocenters. The fourth-order valence-electron chi connectivity index (χ4n) is 0.920. The molecule has 0 heterocycles. The maximum atomic E-state index is 2.18. The van der Waals surface area contributed by atoms with Crippen LogP contribution < -0.4 is 0 Å². The summed E-state index contributed by atoms with van der Waals surface area (Å²) in [5, 5.41) is 0. The van der Waals surface area contributed by atoms with Crippen molar-refractivity contribution in [3.05, 3.63) is 60.8 Å². The predicted molar refractivity (Wildman–Crippen MR) is 54.9 cm³/mol. The van der Waals surface area contributed by atoms with Crippen LogP contribution in [0.15, 0.2) is 60.8 Å². The average molecular weight is 158 g/mol. The first-order valence-corrected chi connectivity index (χ1v) is 4.30. The molecule has 0 radical (unpaired) electrons. The van der Waals surface area contributed by atoms with Gasteiger partial charge in [-0.25, -0.2) is 0 Å². The van der Waals surface area contributed by atoms with Crippen molar-refractivity contribution in [2.45, 2.75) is 12.8 Å². The van der Waals surface area contributed by atoms with Crippen molar-refractivity contribution >= 4 is 0 Å². The Bertz CT molecular complexity index is 211. The predicted octanol–water partition coefficient (Wildman–Crippen LogP) is 3.56. The van der Waals surface area contributed by atoms with Crippen molar-refractivity contribution in [2.75, 3.05) is 0 Å². The van der Waals surface area contributed by atoms with E-state index < -0.39 is 0 Å². The highest BCUT2D eigenvalue weighted by molar-refractivity contribution is 5.16. The van der Waals surface area contributed by atoms with Crippen LogP contribution in [0.2, 0.25) is 0 Å². The fraction of sp³-hybridized carbons (Fsp3) is 0.167. The van der Waals surface area contributed by atoms with E-state index in [1.165, 1.54) is 0 Å². The van der Waals surface area contributed by atoms with Crippen LogP contribution in [-0.2, 0) is 0 Å². The molecule has 0 spiro atoms. The van der Waals surface area contributed by atoms with Gasteiger partial charge in [-0.3, -0.25) is 0 Å². The van der Waals surface area contributed by atoms with Crippen LogP contribution in [0.1, 0.15) is 12.8 Å². The van der Waals surface area contributed by atoms with Crippen LogP contribution in [0.25, 0.3) is 0 Å². The zero-order valence-electron chi connectivity index (χ0n) is 7.19. The van der Waals surface area contributed by atoms with Crippen molar-refractivity contribution in [3.8, 4) is 0 Å². The zero-order chi connectivity index (χ0) is 8.49. The average Bonchev–Trinajstić information content (AvgIpc) is 2.05. The fourth-order valence-corrected chi connectivity index (χ4v) is 0.920. The molecule has 0 heteroatoms. The summed E-state index contributed by atoms with van der Waals surface area (Å²) in [7, 11) is 0. The number of rotatable bonds is 0. The van der Waals surface area contributed by atoms with Crippen LogP contribution in [0, 0.1) is 0 Å². The Hall–Kier alpha value is -1.30. The molecular formula is C12H14. The van der Waals surface area contributed by atoms with Gasteiger partial charge in [-0.15, -0.1) is 0 Å². The molecule has 0 nitrogen and oxygen atoms in total. The van der Waals surface area contributed by atoms with E-state index in [0.717, 1.165) is 12.8 Å². The summed E-state index contributed by atoms with van der Waals surface area (Å²) in [4.78, 5) is 0. The molecule has 0 amide bonds. The molecule has 0 aromatic carbocycles. The lowest BCUT2D eigenvalue weighted by Crippen LogP contribution is -1.62. The third-order valence-electron chi connectivity index (χ3n) is 1.54. The van der Waals surface area contributed by atoms with E-state index >= 15 is 0 Å². The van der Waals surface area contributed by atoms with Gasteiger partial charge < -0.3 is 0 Å². The Balaban J connectivity index is 2.55. The minimum Gasteiger partial charge on any atom is -0.0844 e. The summed E-state index contributed by atoms with van der Waals surface area (Å²) < 4.78 is 0. The van der Waals surface area contributed by atoms with Gasteiger partial charge in [0.15, 0.2) is 0 Å². The van der Waals surface area contributed by atoms with Gasteiger partial charge >= 0.3 is 0 Å². The summed E-state index contributed by atoms with van der Waals surface area (Å²) >= 11 is 0. The second kappa shape index (κ2) is 6.41. The van der Waals surface area contributed by atoms with Gasteiger partial charge in [-0.05, 0) is 12.8 Å². The molecule has 12 heavy (non-hydrogen) atoms. The third-order valence-corrected chi connectivity index (χ3v) is 1.54. The lowest BCUT2D eigenvalue weighted by molar-refractivity contribution is 1.31. The molecule has 0 bridgehead atoms. The summed E-state index contributed by atoms with van der Waals surface area (Å²) in [5.41, 5.74) is 0. The largest absolute Gasteiger partial charge is 0.0844 e. The minimum absolute atomic E-state index is 1.03. The van der Waals surface area contributed by atoms with Crippen molar-refractivity contribution < 1.29 is 0 Å². The van der Waals surface area contributed by atoms with Gasteiger partial charge in [0.05, 0.1) is 0 Å². The molecule has 0 N–H and O–H groups in total. The lowest BCUT2D eigenvalue weighted by Gasteiger charge is -1.83. The van der Waals surface area contributed by atoms with Gasteiger partial charge in [0.2, 0.25) is 0 Å². The highest BCUT2D eigenvalue weighted by atomic mass is 13.8. The van der Waals surface area contributed by atoms with E-state index in [9.17, 15) is 0 Å². The third kappa shape index (κ3) is 4.51. The quantitative estimate of drug-likeness (QED) is 0.473. The molecule has 1 aliphatic rings. The number of allylic oxidation sites excluding steroid dienone is 10. The SMILES string of the molecule is C1=C/C=C/C/C=C\C/C=C/C=C1. The molecule has 0 aromatic rings. The monoisotopic (exact) mass is 158 g/mol. The first-order chi connectivity index (χ1) is 6.00. The minimum atomic E-state index is 1.03. The second-order valence-corrected chi connectivity index (χ2v) is 2.57. The van der Waals surface area contributed by atoms with E-state index in [4.69, 9.17) is 0 Å². The van der Waals surface area contributed by atoms with E-state index in [2.05, 4.69) is 36.5 Å². The lowest BCUT2D eigenvalue weighted by atomic mass is 10.2. The zero-order valence-corrected chi connectivity index (χ0v) is 7.19. The van der Waals surface area contributed by atoms with Gasteiger partial charge in [0.25, 0.3) is 0 Å². The summed E-state index contributed by atoms with van der Waals surface area (Å²) in [6.07, 6.45) is 23.0. The van der Waals surface area contributed by atoms with E-state index in [1.807, 2.05) is 24.3 Å². The van der Waals surface area contributed by atoms with Crippen molar-refractivity contribution in [3.63, 3.8) is 0 Å². The summed E-state index contributed by atoms with van der Waals surface area (Å²) in [6.45, 7) is 0. The van der Waals surface area contributed by atoms with Crippen molar-refractivity contribution in [2.24, 2.45) is 0 Å². The van der Waals surface area contributed by atoms with Crippen molar-refractivity contribution in [1.82, 2.24) is 0 Å². The highest BCUT2D eigenvalue weighted by Gasteiger charge is 1.72. The number of hydrogen-bond acceptors (Lipinski definition) is 0. The molecule has 1 rings (SSSR count). The Kier molecular flexibility index (Phi) is 4.70. The van der Waals surface area contributed by atoms with Crippen LogP contribution in [0.4, 0.5) is 0 Å². The first-order valence-electron chi connectivity index (χ1n) is 4.30. The standard InChI is InChI=1S/C12H14/c1-2-4-6-8-10-12-11-9-7-5-3-1/h1-8,11-12H,9-10H2/b3-1?,4-2?,7-5+,8-6+,12-11-. The van der Waals surface area contributed by atoms with E-state index in [1.54, 1.807) is 0 Å². The van der Waals surface area contributed by atoms with Gasteiger partial charge in [0, 0.05) is 0 Å². The smallest absolute Gasteiger partial charge is 0.0166 e. The molecule has 0 saturated carbocycles. The van der Waals surface area contributed by atoms with E-state index in [0.29, 0.717) is 0 Å². The van der Waals surface area contributed by atoms with Crippen LogP contribution in [0.3, 0.4) is 0 Å². The molecule has 1 aliphatic carbocycles. The Morgan fingerprint density at radius 2 is 0.833 bits per heavy atom. The van der Waals surface area contributed by atoms with Crippen LogP contribution in [0.5, 0.6) is 0 Å². The Morgan fingerprint density at radius 1 is 0.417 bits per heavy atom. The molecule has 0 aliphatic heterocycles. The van der Waals surface area contributed by atoms with Crippen molar-refractivity contribution in [1.29, 1.82) is 0 Å². The molecule has 62 valence electrons. The topological polar surface area (TPSA) is 0 Å². The molecule has 0 aromatic heterocycles. The maximum Gasteiger partial charge on any atom is -0.0166 e. The summed E-state index contributed by atoms with van der Waals surface area (Å²) in [5.74, 6) is 0. The second-order valence-electron chi connectivity index (χ2n) is 2.57. The van der Waals surface area contributed by atoms with Crippen LogP contribution in [-0.4, -0.2) is 0 Å². The maximum absolute atomic E-state index is 2.18. The Morgan fingerprint density at radius 3 is 1.33 bits per heavy atom. The first kappa shape index (κ1) is 8.79. The molecule has 0 saturated heterocycles. The summed E-state index contributed by atoms with van der Waals surface area (Å²) in [6, 6.07) is 0. The van der Waals surface area contributed by atoms with E-state index in [-0.39, 0.29) is 0 Å². The Labute approximate surface area is 74.3 Å².